The number of hydrogen-bond acceptors (Lipinski definition) is 1. The van der Waals surface area contributed by atoms with Crippen molar-refractivity contribution in [1.29, 1.82) is 0 Å². The Morgan fingerprint density at radius 1 is 0.750 bits per heavy atom. The average Bonchev–Trinajstić information content (AvgIpc) is 1.84. The van der Waals surface area contributed by atoms with Crippen LogP contribution in [0.25, 0.3) is 0 Å². The van der Waals surface area contributed by atoms with Crippen molar-refractivity contribution in [2.24, 2.45) is 0 Å². The summed E-state index contributed by atoms with van der Waals surface area (Å²) in [6.07, 6.45) is 0. The Bertz CT molecular complexity index is 102. The summed E-state index contributed by atoms with van der Waals surface area (Å²) >= 11 is 4.94. The van der Waals surface area contributed by atoms with Crippen LogP contribution in [0.2, 0.25) is 16.6 Å². The fraction of sp³-hybridized carbons (Fsp3) is 1.00. The van der Waals surface area contributed by atoms with Gasteiger partial charge in [0.25, 0.3) is 0 Å². The molecule has 0 fully saturated rings. The van der Waals surface area contributed by atoms with Gasteiger partial charge in [-0.05, 0) is 16.6 Å². The van der Waals surface area contributed by atoms with Gasteiger partial charge in [-0.25, -0.2) is 12.1 Å². The van der Waals surface area contributed by atoms with Gasteiger partial charge in [0, 0.05) is 0 Å². The van der Waals surface area contributed by atoms with E-state index in [1.807, 2.05) is 0 Å². The molecule has 0 spiro atoms. The fourth-order valence-corrected chi connectivity index (χ4v) is 6.00. The van der Waals surface area contributed by atoms with Gasteiger partial charge in [0.2, 0.25) is 0 Å². The second-order valence-electron chi connectivity index (χ2n) is 4.35. The van der Waals surface area contributed by atoms with Gasteiger partial charge in [0.05, 0.1) is 0 Å². The van der Waals surface area contributed by atoms with Gasteiger partial charge in [-0.3, -0.25) is 0 Å². The summed E-state index contributed by atoms with van der Waals surface area (Å²) in [6, 6.07) is 0. The van der Waals surface area contributed by atoms with E-state index < -0.39 is 7.22 Å². The third-order valence-corrected chi connectivity index (χ3v) is 13.0. The molecule has 0 amide bonds. The minimum atomic E-state index is -1.29. The molecule has 0 atom stereocenters. The molecule has 3 heteroatoms. The van der Waals surface area contributed by atoms with Crippen LogP contribution in [0.15, 0.2) is 0 Å². The zero-order chi connectivity index (χ0) is 9.23. The van der Waals surface area contributed by atoms with Crippen molar-refractivity contribution in [1.82, 2.24) is 0 Å². The van der Waals surface area contributed by atoms with E-state index in [1.54, 1.807) is 0 Å². The van der Waals surface area contributed by atoms with Gasteiger partial charge >= 0.3 is 29.6 Å². The summed E-state index contributed by atoms with van der Waals surface area (Å²) in [5.41, 5.74) is 2.35. The first-order valence-corrected chi connectivity index (χ1v) is 8.07. The summed E-state index contributed by atoms with van der Waals surface area (Å²) in [5.74, 6) is 0. The van der Waals surface area contributed by atoms with E-state index in [1.165, 1.54) is 0 Å². The van der Waals surface area contributed by atoms with E-state index in [0.29, 0.717) is 0 Å². The van der Waals surface area contributed by atoms with Crippen LogP contribution >= 0.6 is 12.1 Å². The van der Waals surface area contributed by atoms with Gasteiger partial charge in [0.15, 0.2) is 0 Å². The van der Waals surface area contributed by atoms with E-state index in [-0.39, 0.29) is 29.6 Å². The molecular weight excluding hydrogens is 191 g/mol. The van der Waals surface area contributed by atoms with Crippen LogP contribution < -0.4 is 0 Å². The van der Waals surface area contributed by atoms with Gasteiger partial charge < -0.3 is 0 Å². The predicted molar refractivity (Wildman–Crippen MR) is 67.2 cm³/mol. The van der Waals surface area contributed by atoms with Crippen molar-refractivity contribution in [3.63, 3.8) is 0 Å². The molecule has 0 saturated carbocycles. The molecule has 0 nitrogen and oxygen atoms in total. The van der Waals surface area contributed by atoms with Crippen molar-refractivity contribution in [2.45, 2.75) is 58.2 Å². The second kappa shape index (κ2) is 6.13. The Labute approximate surface area is 106 Å². The third kappa shape index (κ3) is 3.37. The topological polar surface area (TPSA) is 0 Å². The Hall–Kier alpha value is 1.57. The van der Waals surface area contributed by atoms with E-state index in [4.69, 9.17) is 12.1 Å². The maximum atomic E-state index is 4.94. The quantitative estimate of drug-likeness (QED) is 0.540. The first kappa shape index (κ1) is 16.0. The molecule has 0 aliphatic rings. The number of hydrogen-bond donors (Lipinski definition) is 1. The minimum absolute atomic E-state index is 0. The molecule has 0 N–H and O–H groups in total. The molecule has 0 heterocycles. The SMILES string of the molecule is CC(C)[Si](S)(C(C)C)C(C)C.[NaH]. The van der Waals surface area contributed by atoms with Crippen LogP contribution in [0.3, 0.4) is 0 Å². The monoisotopic (exact) mass is 214 g/mol. The zero-order valence-electron chi connectivity index (χ0n) is 8.68. The summed E-state index contributed by atoms with van der Waals surface area (Å²) in [5, 5.41) is 0. The standard InChI is InChI=1S/C9H22SSi.Na.H/c1-7(2)11(10,8(3)4)9(5)6;;/h7-10H,1-6H3;;. The molecular formula is C9H23NaSSi. The molecule has 0 aliphatic carbocycles. The molecule has 0 saturated heterocycles. The molecule has 0 rings (SSSR count). The Morgan fingerprint density at radius 3 is 0.917 bits per heavy atom. The van der Waals surface area contributed by atoms with Gasteiger partial charge in [-0.15, -0.1) is 0 Å². The van der Waals surface area contributed by atoms with Crippen LogP contribution in [0, 0.1) is 0 Å². The van der Waals surface area contributed by atoms with E-state index in [9.17, 15) is 0 Å². The van der Waals surface area contributed by atoms with Crippen LogP contribution in [-0.2, 0) is 0 Å². The summed E-state index contributed by atoms with van der Waals surface area (Å²) in [7, 11) is -1.29. The third-order valence-electron chi connectivity index (χ3n) is 2.77. The van der Waals surface area contributed by atoms with Crippen molar-refractivity contribution < 1.29 is 0 Å². The summed E-state index contributed by atoms with van der Waals surface area (Å²) in [6.45, 7) is 13.9. The average molecular weight is 214 g/mol. The molecule has 0 unspecified atom stereocenters. The van der Waals surface area contributed by atoms with Gasteiger partial charge in [0.1, 0.15) is 7.22 Å². The van der Waals surface area contributed by atoms with E-state index >= 15 is 0 Å². The van der Waals surface area contributed by atoms with Crippen molar-refractivity contribution in [3.8, 4) is 0 Å². The predicted octanol–water partition coefficient (Wildman–Crippen LogP) is 3.44. The molecule has 0 aromatic carbocycles. The van der Waals surface area contributed by atoms with Gasteiger partial charge in [-0.2, -0.15) is 0 Å². The number of thiol groups is 1. The summed E-state index contributed by atoms with van der Waals surface area (Å²) in [4.78, 5) is 0. The first-order valence-electron chi connectivity index (χ1n) is 4.55. The molecule has 0 aromatic heterocycles. The van der Waals surface area contributed by atoms with Crippen LogP contribution in [-0.4, -0.2) is 36.8 Å². The molecule has 0 radical (unpaired) electrons. The molecule has 70 valence electrons. The van der Waals surface area contributed by atoms with E-state index in [0.717, 1.165) is 16.6 Å². The van der Waals surface area contributed by atoms with Crippen molar-refractivity contribution >= 4 is 48.9 Å². The van der Waals surface area contributed by atoms with Crippen LogP contribution in [0.1, 0.15) is 41.5 Å². The number of rotatable bonds is 3. The summed E-state index contributed by atoms with van der Waals surface area (Å²) < 4.78 is 0. The molecule has 12 heavy (non-hydrogen) atoms. The fourth-order valence-electron chi connectivity index (χ4n) is 2.00. The Balaban J connectivity index is 0. The second-order valence-corrected chi connectivity index (χ2v) is 11.9. The van der Waals surface area contributed by atoms with Crippen LogP contribution in [0.4, 0.5) is 0 Å². The van der Waals surface area contributed by atoms with Crippen molar-refractivity contribution in [3.05, 3.63) is 0 Å². The van der Waals surface area contributed by atoms with Crippen LogP contribution in [0.5, 0.6) is 0 Å². The normalized spacial score (nSPS) is 12.5. The Kier molecular flexibility index (Phi) is 8.18. The zero-order valence-corrected chi connectivity index (χ0v) is 10.6. The van der Waals surface area contributed by atoms with Crippen molar-refractivity contribution in [2.75, 3.05) is 0 Å². The Morgan fingerprint density at radius 2 is 0.917 bits per heavy atom. The molecule has 0 aromatic rings. The van der Waals surface area contributed by atoms with E-state index in [2.05, 4.69) is 41.5 Å². The maximum absolute atomic E-state index is 4.94. The molecule has 0 bridgehead atoms. The first-order chi connectivity index (χ1) is 4.83. The molecule has 0 aliphatic heterocycles. The van der Waals surface area contributed by atoms with Gasteiger partial charge in [-0.1, -0.05) is 41.5 Å².